The Kier molecular flexibility index (Phi) is 4.05. The van der Waals surface area contributed by atoms with Crippen molar-refractivity contribution in [1.29, 1.82) is 0 Å². The van der Waals surface area contributed by atoms with E-state index in [0.29, 0.717) is 17.3 Å². The molecule has 1 aromatic heterocycles. The zero-order valence-corrected chi connectivity index (χ0v) is 17.1. The average Bonchev–Trinajstić information content (AvgIpc) is 2.93. The molecule has 3 atom stereocenters. The molecule has 0 unspecified atom stereocenters. The Morgan fingerprint density at radius 1 is 1.00 bits per heavy atom. The first kappa shape index (κ1) is 17.8. The van der Waals surface area contributed by atoms with Gasteiger partial charge in [0.15, 0.2) is 11.5 Å². The monoisotopic (exact) mass is 356 g/mol. The molecule has 26 heavy (non-hydrogen) atoms. The second-order valence-corrected chi connectivity index (χ2v) is 9.34. The lowest BCUT2D eigenvalue weighted by Crippen LogP contribution is -2.44. The summed E-state index contributed by atoms with van der Waals surface area (Å²) in [5.41, 5.74) is 2.90. The van der Waals surface area contributed by atoms with Crippen LogP contribution in [0.1, 0.15) is 77.0 Å². The van der Waals surface area contributed by atoms with E-state index in [-0.39, 0.29) is 5.41 Å². The highest BCUT2D eigenvalue weighted by Gasteiger charge is 2.51. The van der Waals surface area contributed by atoms with Crippen LogP contribution >= 0.6 is 0 Å². The number of furan rings is 1. The maximum atomic E-state index is 6.47. The van der Waals surface area contributed by atoms with Gasteiger partial charge in [-0.05, 0) is 48.5 Å². The van der Waals surface area contributed by atoms with Gasteiger partial charge in [-0.25, -0.2) is 0 Å². The molecule has 0 N–H and O–H groups in total. The lowest BCUT2D eigenvalue weighted by Gasteiger charge is -2.50. The first-order valence-electron chi connectivity index (χ1n) is 10.0. The van der Waals surface area contributed by atoms with Crippen molar-refractivity contribution >= 4 is 11.0 Å². The molecular formula is C23H32O3. The molecule has 2 aliphatic rings. The Labute approximate surface area is 157 Å². The van der Waals surface area contributed by atoms with E-state index in [4.69, 9.17) is 13.9 Å². The SMILES string of the molecule is COc1cc2oc3c(c2cc1OC)[C@@]1(C)CCCC(C)(C)[C@@H]1CC[C@H]3C. The Balaban J connectivity index is 2.01. The molecule has 1 aromatic carbocycles. The van der Waals surface area contributed by atoms with Gasteiger partial charge >= 0.3 is 0 Å². The fourth-order valence-corrected chi connectivity index (χ4v) is 6.06. The van der Waals surface area contributed by atoms with E-state index < -0.39 is 0 Å². The largest absolute Gasteiger partial charge is 0.493 e. The predicted molar refractivity (Wildman–Crippen MR) is 105 cm³/mol. The minimum absolute atomic E-state index is 0.159. The lowest BCUT2D eigenvalue weighted by atomic mass is 9.53. The third-order valence-corrected chi connectivity index (χ3v) is 7.36. The summed E-state index contributed by atoms with van der Waals surface area (Å²) in [4.78, 5) is 0. The van der Waals surface area contributed by atoms with Crippen molar-refractivity contribution in [2.75, 3.05) is 14.2 Å². The van der Waals surface area contributed by atoms with Crippen LogP contribution in [0.15, 0.2) is 16.5 Å². The molecule has 3 nitrogen and oxygen atoms in total. The molecule has 3 heteroatoms. The van der Waals surface area contributed by atoms with Gasteiger partial charge in [-0.3, -0.25) is 0 Å². The maximum absolute atomic E-state index is 6.47. The molecule has 1 saturated carbocycles. The standard InChI is InChI=1S/C23H32O3/c1-14-8-9-19-22(2,3)10-7-11-23(19,4)20-15-12-17(24-5)18(25-6)13-16(15)26-21(14)20/h12-14,19H,7-11H2,1-6H3/t14-,19+,23+/m1/s1. The highest BCUT2D eigenvalue weighted by atomic mass is 16.5. The van der Waals surface area contributed by atoms with Crippen LogP contribution in [0.2, 0.25) is 0 Å². The number of hydrogen-bond acceptors (Lipinski definition) is 3. The maximum Gasteiger partial charge on any atom is 0.164 e. The van der Waals surface area contributed by atoms with Gasteiger partial charge < -0.3 is 13.9 Å². The van der Waals surface area contributed by atoms with Crippen LogP contribution in [0.5, 0.6) is 11.5 Å². The van der Waals surface area contributed by atoms with Crippen molar-refractivity contribution < 1.29 is 13.9 Å². The van der Waals surface area contributed by atoms with Gasteiger partial charge in [0, 0.05) is 22.9 Å². The van der Waals surface area contributed by atoms with Crippen LogP contribution in [0.25, 0.3) is 11.0 Å². The molecule has 0 radical (unpaired) electrons. The zero-order chi connectivity index (χ0) is 18.7. The van der Waals surface area contributed by atoms with E-state index in [0.717, 1.165) is 17.1 Å². The summed E-state index contributed by atoms with van der Waals surface area (Å²) in [6, 6.07) is 4.14. The molecule has 4 rings (SSSR count). The summed E-state index contributed by atoms with van der Waals surface area (Å²) in [5.74, 6) is 3.85. The lowest BCUT2D eigenvalue weighted by molar-refractivity contribution is 0.0504. The second-order valence-electron chi connectivity index (χ2n) is 9.34. The van der Waals surface area contributed by atoms with E-state index >= 15 is 0 Å². The first-order valence-corrected chi connectivity index (χ1v) is 10.0. The normalized spacial score (nSPS) is 30.4. The molecule has 0 aliphatic heterocycles. The Morgan fingerprint density at radius 2 is 1.69 bits per heavy atom. The Bertz CT molecular complexity index is 832. The van der Waals surface area contributed by atoms with Gasteiger partial charge in [0.1, 0.15) is 11.3 Å². The zero-order valence-electron chi connectivity index (χ0n) is 17.1. The van der Waals surface area contributed by atoms with Gasteiger partial charge in [-0.1, -0.05) is 34.1 Å². The Hall–Kier alpha value is -1.64. The van der Waals surface area contributed by atoms with Crippen LogP contribution in [0.3, 0.4) is 0 Å². The number of hydrogen-bond donors (Lipinski definition) is 0. The molecule has 1 fully saturated rings. The van der Waals surface area contributed by atoms with E-state index in [1.165, 1.54) is 48.8 Å². The van der Waals surface area contributed by atoms with Gasteiger partial charge in [-0.15, -0.1) is 0 Å². The third kappa shape index (κ3) is 2.39. The minimum atomic E-state index is 0.159. The van der Waals surface area contributed by atoms with Crippen molar-refractivity contribution in [2.45, 2.75) is 71.1 Å². The molecule has 0 amide bonds. The third-order valence-electron chi connectivity index (χ3n) is 7.36. The van der Waals surface area contributed by atoms with Gasteiger partial charge in [0.25, 0.3) is 0 Å². The number of rotatable bonds is 2. The highest BCUT2D eigenvalue weighted by molar-refractivity contribution is 5.87. The van der Waals surface area contributed by atoms with Gasteiger partial charge in [0.05, 0.1) is 14.2 Å². The fourth-order valence-electron chi connectivity index (χ4n) is 6.06. The summed E-state index contributed by atoms with van der Waals surface area (Å²) in [5, 5.41) is 1.22. The van der Waals surface area contributed by atoms with Crippen LogP contribution < -0.4 is 9.47 Å². The molecule has 0 bridgehead atoms. The smallest absolute Gasteiger partial charge is 0.164 e. The summed E-state index contributed by atoms with van der Waals surface area (Å²) in [6.45, 7) is 9.75. The summed E-state index contributed by atoms with van der Waals surface area (Å²) < 4.78 is 17.6. The van der Waals surface area contributed by atoms with Crippen LogP contribution in [0.4, 0.5) is 0 Å². The van der Waals surface area contributed by atoms with Gasteiger partial charge in [-0.2, -0.15) is 0 Å². The molecular weight excluding hydrogens is 324 g/mol. The van der Waals surface area contributed by atoms with E-state index in [1.807, 2.05) is 6.07 Å². The second kappa shape index (κ2) is 5.94. The molecule has 1 heterocycles. The highest BCUT2D eigenvalue weighted by Crippen LogP contribution is 2.59. The number of benzene rings is 1. The van der Waals surface area contributed by atoms with Crippen LogP contribution in [-0.2, 0) is 5.41 Å². The predicted octanol–water partition coefficient (Wildman–Crippen LogP) is 6.43. The number of methoxy groups -OCH3 is 2. The Morgan fingerprint density at radius 3 is 2.38 bits per heavy atom. The molecule has 0 saturated heterocycles. The summed E-state index contributed by atoms with van der Waals surface area (Å²) in [7, 11) is 3.39. The van der Waals surface area contributed by atoms with Crippen molar-refractivity contribution in [1.82, 2.24) is 0 Å². The van der Waals surface area contributed by atoms with Crippen molar-refractivity contribution in [3.63, 3.8) is 0 Å². The van der Waals surface area contributed by atoms with E-state index in [1.54, 1.807) is 14.2 Å². The van der Waals surface area contributed by atoms with E-state index in [2.05, 4.69) is 33.8 Å². The van der Waals surface area contributed by atoms with E-state index in [9.17, 15) is 0 Å². The summed E-state index contributed by atoms with van der Waals surface area (Å²) >= 11 is 0. The summed E-state index contributed by atoms with van der Waals surface area (Å²) in [6.07, 6.45) is 6.33. The molecule has 2 aromatic rings. The number of fused-ring (bicyclic) bond motifs is 5. The van der Waals surface area contributed by atoms with Crippen LogP contribution in [-0.4, -0.2) is 14.2 Å². The first-order chi connectivity index (χ1) is 12.3. The van der Waals surface area contributed by atoms with Crippen molar-refractivity contribution in [2.24, 2.45) is 11.3 Å². The molecule has 0 spiro atoms. The average molecular weight is 357 g/mol. The minimum Gasteiger partial charge on any atom is -0.493 e. The number of ether oxygens (including phenoxy) is 2. The van der Waals surface area contributed by atoms with Crippen LogP contribution in [0, 0.1) is 11.3 Å². The fraction of sp³-hybridized carbons (Fsp3) is 0.652. The van der Waals surface area contributed by atoms with Crippen molar-refractivity contribution in [3.8, 4) is 11.5 Å². The topological polar surface area (TPSA) is 31.6 Å². The molecule has 2 aliphatic carbocycles. The quantitative estimate of drug-likeness (QED) is 0.621. The molecule has 142 valence electrons. The van der Waals surface area contributed by atoms with Gasteiger partial charge in [0.2, 0.25) is 0 Å². The van der Waals surface area contributed by atoms with Crippen molar-refractivity contribution in [3.05, 3.63) is 23.5 Å².